The van der Waals surface area contributed by atoms with Gasteiger partial charge in [-0.1, -0.05) is 11.6 Å². The van der Waals surface area contributed by atoms with Gasteiger partial charge in [-0.2, -0.15) is 0 Å². The van der Waals surface area contributed by atoms with Crippen LogP contribution in [0.4, 0.5) is 0 Å². The fourth-order valence-electron chi connectivity index (χ4n) is 1.44. The molecular weight excluding hydrogens is 265 g/mol. The smallest absolute Gasteiger partial charge is 0.176 e. The standard InChI is InChI=1S/C11H16ClNO3.ClH/c1-16-10-6-7(5-8(12)11(10)15)9(13)3-2-4-14;/h5-6,9,14-15H,2-4,13H2,1H3;1H/t9-;/m1./s1. The van der Waals surface area contributed by atoms with Crippen molar-refractivity contribution in [2.45, 2.75) is 18.9 Å². The van der Waals surface area contributed by atoms with Crippen molar-refractivity contribution in [1.82, 2.24) is 0 Å². The van der Waals surface area contributed by atoms with Crippen molar-refractivity contribution in [3.63, 3.8) is 0 Å². The van der Waals surface area contributed by atoms with E-state index in [9.17, 15) is 5.11 Å². The van der Waals surface area contributed by atoms with Crippen LogP contribution in [0.3, 0.4) is 0 Å². The van der Waals surface area contributed by atoms with Crippen molar-refractivity contribution in [1.29, 1.82) is 0 Å². The maximum atomic E-state index is 9.54. The second-order valence-electron chi connectivity index (χ2n) is 3.53. The van der Waals surface area contributed by atoms with Crippen molar-refractivity contribution in [2.24, 2.45) is 5.73 Å². The highest BCUT2D eigenvalue weighted by molar-refractivity contribution is 6.32. The van der Waals surface area contributed by atoms with Gasteiger partial charge in [0.15, 0.2) is 11.5 Å². The van der Waals surface area contributed by atoms with Gasteiger partial charge in [0.25, 0.3) is 0 Å². The number of ether oxygens (including phenoxy) is 1. The highest BCUT2D eigenvalue weighted by Gasteiger charge is 2.13. The van der Waals surface area contributed by atoms with Crippen molar-refractivity contribution in [3.8, 4) is 11.5 Å². The lowest BCUT2D eigenvalue weighted by atomic mass is 10.0. The number of nitrogens with two attached hydrogens (primary N) is 1. The van der Waals surface area contributed by atoms with E-state index in [1.165, 1.54) is 7.11 Å². The Morgan fingerprint density at radius 2 is 2.12 bits per heavy atom. The van der Waals surface area contributed by atoms with Gasteiger partial charge in [0.05, 0.1) is 12.1 Å². The van der Waals surface area contributed by atoms with Crippen molar-refractivity contribution >= 4 is 24.0 Å². The molecule has 6 heteroatoms. The number of aliphatic hydroxyl groups excluding tert-OH is 1. The topological polar surface area (TPSA) is 75.7 Å². The lowest BCUT2D eigenvalue weighted by molar-refractivity contribution is 0.280. The first kappa shape index (κ1) is 16.3. The summed E-state index contributed by atoms with van der Waals surface area (Å²) in [6, 6.07) is 3.05. The number of hydrogen-bond acceptors (Lipinski definition) is 4. The van der Waals surface area contributed by atoms with Crippen LogP contribution in [0, 0.1) is 0 Å². The minimum Gasteiger partial charge on any atom is -0.503 e. The zero-order valence-corrected chi connectivity index (χ0v) is 11.1. The molecule has 4 nitrogen and oxygen atoms in total. The van der Waals surface area contributed by atoms with E-state index in [4.69, 9.17) is 27.2 Å². The first-order chi connectivity index (χ1) is 7.60. The summed E-state index contributed by atoms with van der Waals surface area (Å²) in [6.07, 6.45) is 1.28. The largest absolute Gasteiger partial charge is 0.503 e. The van der Waals surface area contributed by atoms with Crippen LogP contribution >= 0.6 is 24.0 Å². The summed E-state index contributed by atoms with van der Waals surface area (Å²) in [6.45, 7) is 0.108. The summed E-state index contributed by atoms with van der Waals surface area (Å²) >= 11 is 5.84. The highest BCUT2D eigenvalue weighted by atomic mass is 35.5. The maximum Gasteiger partial charge on any atom is 0.176 e. The lowest BCUT2D eigenvalue weighted by Gasteiger charge is -2.14. The lowest BCUT2D eigenvalue weighted by Crippen LogP contribution is -2.11. The molecule has 0 radical (unpaired) electrons. The van der Waals surface area contributed by atoms with E-state index in [-0.39, 0.29) is 35.8 Å². The molecule has 0 amide bonds. The fourth-order valence-corrected chi connectivity index (χ4v) is 1.66. The summed E-state index contributed by atoms with van der Waals surface area (Å²) in [5, 5.41) is 18.5. The van der Waals surface area contributed by atoms with E-state index in [1.54, 1.807) is 12.1 Å². The van der Waals surface area contributed by atoms with Gasteiger partial charge in [-0.05, 0) is 30.5 Å². The van der Waals surface area contributed by atoms with E-state index >= 15 is 0 Å². The first-order valence-corrected chi connectivity index (χ1v) is 5.40. The molecule has 0 bridgehead atoms. The minimum absolute atomic E-state index is 0. The molecule has 1 atom stereocenters. The van der Waals surface area contributed by atoms with E-state index in [2.05, 4.69) is 0 Å². The zero-order valence-electron chi connectivity index (χ0n) is 9.52. The maximum absolute atomic E-state index is 9.54. The Bertz CT molecular complexity index is 361. The number of benzene rings is 1. The summed E-state index contributed by atoms with van der Waals surface area (Å²) in [5.74, 6) is 0.226. The van der Waals surface area contributed by atoms with Gasteiger partial charge in [0.2, 0.25) is 0 Å². The van der Waals surface area contributed by atoms with Crippen LogP contribution in [0.25, 0.3) is 0 Å². The number of hydrogen-bond donors (Lipinski definition) is 3. The molecule has 0 saturated heterocycles. The third kappa shape index (κ3) is 4.24. The average molecular weight is 282 g/mol. The summed E-state index contributed by atoms with van der Waals surface area (Å²) in [4.78, 5) is 0. The molecular formula is C11H17Cl2NO3. The summed E-state index contributed by atoms with van der Waals surface area (Å²) in [5.41, 5.74) is 6.70. The Balaban J connectivity index is 0.00000256. The Kier molecular flexibility index (Phi) is 7.30. The number of halogens is 2. The normalized spacial score (nSPS) is 11.8. The van der Waals surface area contributed by atoms with Crippen molar-refractivity contribution < 1.29 is 14.9 Å². The second kappa shape index (κ2) is 7.61. The zero-order chi connectivity index (χ0) is 12.1. The van der Waals surface area contributed by atoms with E-state index in [1.807, 2.05) is 0 Å². The number of phenolic OH excluding ortho intramolecular Hbond substituents is 1. The van der Waals surface area contributed by atoms with Crippen molar-refractivity contribution in [2.75, 3.05) is 13.7 Å². The average Bonchev–Trinajstić information content (AvgIpc) is 2.29. The number of methoxy groups -OCH3 is 1. The quantitative estimate of drug-likeness (QED) is 0.774. The van der Waals surface area contributed by atoms with Crippen LogP contribution in [0.5, 0.6) is 11.5 Å². The second-order valence-corrected chi connectivity index (χ2v) is 3.93. The van der Waals surface area contributed by atoms with E-state index in [0.717, 1.165) is 5.56 Å². The molecule has 0 heterocycles. The molecule has 1 aromatic carbocycles. The molecule has 0 aliphatic heterocycles. The predicted molar refractivity (Wildman–Crippen MR) is 70.2 cm³/mol. The van der Waals surface area contributed by atoms with Gasteiger partial charge in [-0.25, -0.2) is 0 Å². The third-order valence-corrected chi connectivity index (χ3v) is 2.66. The number of aliphatic hydroxyl groups is 1. The molecule has 0 aromatic heterocycles. The molecule has 0 fully saturated rings. The highest BCUT2D eigenvalue weighted by Crippen LogP contribution is 2.36. The van der Waals surface area contributed by atoms with Crippen LogP contribution in [-0.4, -0.2) is 23.9 Å². The molecule has 1 rings (SSSR count). The molecule has 0 aliphatic carbocycles. The Hall–Kier alpha value is -0.680. The van der Waals surface area contributed by atoms with Gasteiger partial charge in [0.1, 0.15) is 0 Å². The molecule has 98 valence electrons. The molecule has 0 aliphatic rings. The van der Waals surface area contributed by atoms with Crippen LogP contribution < -0.4 is 10.5 Å². The molecule has 1 aromatic rings. The van der Waals surface area contributed by atoms with Crippen LogP contribution in [0.15, 0.2) is 12.1 Å². The fraction of sp³-hybridized carbons (Fsp3) is 0.455. The summed E-state index contributed by atoms with van der Waals surface area (Å²) in [7, 11) is 1.45. The van der Waals surface area contributed by atoms with Crippen LogP contribution in [0.2, 0.25) is 5.02 Å². The van der Waals surface area contributed by atoms with Gasteiger partial charge in [0, 0.05) is 12.6 Å². The van der Waals surface area contributed by atoms with E-state index < -0.39 is 0 Å². The molecule has 0 saturated carbocycles. The van der Waals surface area contributed by atoms with Gasteiger partial charge < -0.3 is 20.7 Å². The predicted octanol–water partition coefficient (Wildman–Crippen LogP) is 2.25. The van der Waals surface area contributed by atoms with Gasteiger partial charge in [-0.15, -0.1) is 12.4 Å². The number of aromatic hydroxyl groups is 1. The molecule has 0 spiro atoms. The van der Waals surface area contributed by atoms with E-state index in [0.29, 0.717) is 18.6 Å². The van der Waals surface area contributed by atoms with Gasteiger partial charge >= 0.3 is 0 Å². The minimum atomic E-state index is -0.223. The van der Waals surface area contributed by atoms with Crippen molar-refractivity contribution in [3.05, 3.63) is 22.7 Å². The third-order valence-electron chi connectivity index (χ3n) is 2.37. The Morgan fingerprint density at radius 1 is 1.47 bits per heavy atom. The van der Waals surface area contributed by atoms with Crippen LogP contribution in [0.1, 0.15) is 24.4 Å². The molecule has 4 N–H and O–H groups in total. The van der Waals surface area contributed by atoms with Crippen LogP contribution in [-0.2, 0) is 0 Å². The van der Waals surface area contributed by atoms with Gasteiger partial charge in [-0.3, -0.25) is 0 Å². The summed E-state index contributed by atoms with van der Waals surface area (Å²) < 4.78 is 4.98. The first-order valence-electron chi connectivity index (χ1n) is 5.03. The number of rotatable bonds is 5. The molecule has 17 heavy (non-hydrogen) atoms. The SMILES string of the molecule is COc1cc([C@H](N)CCCO)cc(Cl)c1O.Cl. The Labute approximate surface area is 112 Å². The number of phenols is 1. The molecule has 0 unspecified atom stereocenters. The monoisotopic (exact) mass is 281 g/mol. The Morgan fingerprint density at radius 3 is 2.65 bits per heavy atom.